The normalized spacial score (nSPS) is 16.3. The van der Waals surface area contributed by atoms with E-state index in [0.29, 0.717) is 0 Å². The molecule has 0 aliphatic heterocycles. The van der Waals surface area contributed by atoms with Gasteiger partial charge in [0, 0.05) is 0 Å². The van der Waals surface area contributed by atoms with Gasteiger partial charge in [-0.05, 0) is 40.5 Å². The molecule has 2 nitrogen and oxygen atoms in total. The fourth-order valence-corrected chi connectivity index (χ4v) is 4.91. The maximum Gasteiger partial charge on any atom is 0.160 e. The summed E-state index contributed by atoms with van der Waals surface area (Å²) in [7, 11) is -3.10. The predicted octanol–water partition coefficient (Wildman–Crippen LogP) is 5.12. The van der Waals surface area contributed by atoms with Crippen LogP contribution in [0.15, 0.2) is 0 Å². The lowest BCUT2D eigenvalue weighted by Gasteiger charge is -2.36. The van der Waals surface area contributed by atoms with Crippen molar-refractivity contribution in [2.75, 3.05) is 0 Å². The second-order valence-electron chi connectivity index (χ2n) is 6.98. The molecule has 3 heteroatoms. The molecule has 0 amide bonds. The molecule has 0 radical (unpaired) electrons. The van der Waals surface area contributed by atoms with Gasteiger partial charge in [0.15, 0.2) is 9.84 Å². The van der Waals surface area contributed by atoms with Crippen molar-refractivity contribution in [3.63, 3.8) is 0 Å². The molecule has 0 aromatic heterocycles. The Hall–Kier alpha value is -0.0500. The molecule has 116 valence electrons. The average molecular weight is 291 g/mol. The topological polar surface area (TPSA) is 34.1 Å². The van der Waals surface area contributed by atoms with Crippen LogP contribution in [0.2, 0.25) is 0 Å². The van der Waals surface area contributed by atoms with Gasteiger partial charge in [0.2, 0.25) is 0 Å². The third kappa shape index (κ3) is 5.09. The van der Waals surface area contributed by atoms with Crippen molar-refractivity contribution in [1.82, 2.24) is 0 Å². The van der Waals surface area contributed by atoms with Gasteiger partial charge in [-0.25, -0.2) is 8.42 Å². The van der Waals surface area contributed by atoms with E-state index in [1.807, 2.05) is 27.7 Å². The van der Waals surface area contributed by atoms with Crippen molar-refractivity contribution < 1.29 is 8.42 Å². The number of hydrogen-bond acceptors (Lipinski definition) is 2. The van der Waals surface area contributed by atoms with Gasteiger partial charge in [0.1, 0.15) is 0 Å². The maximum absolute atomic E-state index is 12.8. The van der Waals surface area contributed by atoms with E-state index in [9.17, 15) is 8.42 Å². The minimum atomic E-state index is -3.10. The SMILES string of the molecule is CCCCCCC(C)(CCCC)S(=O)(=O)C(C)(C)C. The van der Waals surface area contributed by atoms with Crippen molar-refractivity contribution in [1.29, 1.82) is 0 Å². The molecule has 0 aliphatic carbocycles. The molecule has 0 bridgehead atoms. The van der Waals surface area contributed by atoms with Crippen LogP contribution in [0.5, 0.6) is 0 Å². The second kappa shape index (κ2) is 7.66. The lowest BCUT2D eigenvalue weighted by atomic mass is 9.96. The van der Waals surface area contributed by atoms with Gasteiger partial charge in [0.05, 0.1) is 9.49 Å². The summed E-state index contributed by atoms with van der Waals surface area (Å²) < 4.78 is 24.5. The van der Waals surface area contributed by atoms with Crippen LogP contribution >= 0.6 is 0 Å². The van der Waals surface area contributed by atoms with Crippen molar-refractivity contribution in [3.8, 4) is 0 Å². The number of hydrogen-bond donors (Lipinski definition) is 0. The maximum atomic E-state index is 12.8. The number of unbranched alkanes of at least 4 members (excludes halogenated alkanes) is 4. The molecule has 0 heterocycles. The zero-order chi connectivity index (χ0) is 15.2. The summed E-state index contributed by atoms with van der Waals surface area (Å²) in [5, 5.41) is 0. The number of rotatable bonds is 9. The summed E-state index contributed by atoms with van der Waals surface area (Å²) in [6.07, 6.45) is 8.25. The fourth-order valence-electron chi connectivity index (χ4n) is 2.61. The Morgan fingerprint density at radius 1 is 0.737 bits per heavy atom. The van der Waals surface area contributed by atoms with Crippen LogP contribution in [0.4, 0.5) is 0 Å². The van der Waals surface area contributed by atoms with Crippen LogP contribution < -0.4 is 0 Å². The Morgan fingerprint density at radius 2 is 1.21 bits per heavy atom. The van der Waals surface area contributed by atoms with Gasteiger partial charge in [-0.3, -0.25) is 0 Å². The van der Waals surface area contributed by atoms with Crippen molar-refractivity contribution in [3.05, 3.63) is 0 Å². The summed E-state index contributed by atoms with van der Waals surface area (Å²) in [6.45, 7) is 11.8. The van der Waals surface area contributed by atoms with Crippen molar-refractivity contribution >= 4 is 9.84 Å². The highest BCUT2D eigenvalue weighted by Crippen LogP contribution is 2.37. The highest BCUT2D eigenvalue weighted by Gasteiger charge is 2.45. The van der Waals surface area contributed by atoms with E-state index in [4.69, 9.17) is 0 Å². The summed E-state index contributed by atoms with van der Waals surface area (Å²) in [4.78, 5) is 0. The van der Waals surface area contributed by atoms with Crippen LogP contribution in [0.3, 0.4) is 0 Å². The van der Waals surface area contributed by atoms with Crippen LogP contribution in [-0.4, -0.2) is 17.9 Å². The summed E-state index contributed by atoms with van der Waals surface area (Å²) in [5.41, 5.74) is 0. The van der Waals surface area contributed by atoms with E-state index in [-0.39, 0.29) is 0 Å². The predicted molar refractivity (Wildman–Crippen MR) is 85.4 cm³/mol. The molecule has 0 N–H and O–H groups in total. The van der Waals surface area contributed by atoms with Gasteiger partial charge in [-0.1, -0.05) is 52.4 Å². The standard InChI is InChI=1S/C16H34O2S/c1-7-9-11-12-14-16(6,13-10-8-2)19(17,18)15(3,4)5/h7-14H2,1-6H3. The zero-order valence-electron chi connectivity index (χ0n) is 13.9. The highest BCUT2D eigenvalue weighted by molar-refractivity contribution is 7.94. The second-order valence-corrected chi connectivity index (χ2v) is 10.2. The molecular formula is C16H34O2S. The molecule has 1 unspecified atom stereocenters. The average Bonchev–Trinajstić information content (AvgIpc) is 2.30. The van der Waals surface area contributed by atoms with E-state index in [2.05, 4.69) is 13.8 Å². The Bertz CT molecular complexity index is 338. The lowest BCUT2D eigenvalue weighted by molar-refractivity contribution is 0.430. The van der Waals surface area contributed by atoms with Crippen molar-refractivity contribution in [2.24, 2.45) is 0 Å². The van der Waals surface area contributed by atoms with E-state index in [1.165, 1.54) is 12.8 Å². The van der Waals surface area contributed by atoms with E-state index in [0.717, 1.165) is 38.5 Å². The first-order valence-corrected chi connectivity index (χ1v) is 9.35. The molecule has 1 atom stereocenters. The Morgan fingerprint density at radius 3 is 1.63 bits per heavy atom. The third-order valence-electron chi connectivity index (χ3n) is 4.07. The Labute approximate surface area is 121 Å². The first-order valence-electron chi connectivity index (χ1n) is 7.86. The van der Waals surface area contributed by atoms with Crippen LogP contribution in [0, 0.1) is 0 Å². The fraction of sp³-hybridized carbons (Fsp3) is 1.00. The zero-order valence-corrected chi connectivity index (χ0v) is 14.7. The minimum Gasteiger partial charge on any atom is -0.228 e. The summed E-state index contributed by atoms with van der Waals surface area (Å²) >= 11 is 0. The molecule has 0 saturated heterocycles. The van der Waals surface area contributed by atoms with Crippen LogP contribution in [-0.2, 0) is 9.84 Å². The van der Waals surface area contributed by atoms with E-state index < -0.39 is 19.3 Å². The van der Waals surface area contributed by atoms with Gasteiger partial charge in [0.25, 0.3) is 0 Å². The molecule has 0 spiro atoms. The minimum absolute atomic E-state index is 0.547. The Balaban J connectivity index is 4.96. The van der Waals surface area contributed by atoms with Crippen LogP contribution in [0.1, 0.15) is 92.9 Å². The third-order valence-corrected chi connectivity index (χ3v) is 7.39. The lowest BCUT2D eigenvalue weighted by Crippen LogP contribution is -2.46. The van der Waals surface area contributed by atoms with E-state index in [1.54, 1.807) is 0 Å². The highest BCUT2D eigenvalue weighted by atomic mass is 32.2. The molecule has 0 aromatic carbocycles. The largest absolute Gasteiger partial charge is 0.228 e. The summed E-state index contributed by atoms with van der Waals surface area (Å²) in [5.74, 6) is 0. The molecular weight excluding hydrogens is 256 g/mol. The van der Waals surface area contributed by atoms with E-state index >= 15 is 0 Å². The van der Waals surface area contributed by atoms with Gasteiger partial charge >= 0.3 is 0 Å². The Kier molecular flexibility index (Phi) is 7.64. The monoisotopic (exact) mass is 290 g/mol. The van der Waals surface area contributed by atoms with Gasteiger partial charge in [-0.2, -0.15) is 0 Å². The van der Waals surface area contributed by atoms with Gasteiger partial charge in [-0.15, -0.1) is 0 Å². The molecule has 0 aliphatic rings. The molecule has 0 aromatic rings. The number of sulfone groups is 1. The molecule has 0 saturated carbocycles. The van der Waals surface area contributed by atoms with Crippen molar-refractivity contribution in [2.45, 2.75) is 102 Å². The van der Waals surface area contributed by atoms with Gasteiger partial charge < -0.3 is 0 Å². The quantitative estimate of drug-likeness (QED) is 0.552. The van der Waals surface area contributed by atoms with Crippen LogP contribution in [0.25, 0.3) is 0 Å². The molecule has 0 rings (SSSR count). The smallest absolute Gasteiger partial charge is 0.160 e. The molecule has 0 fully saturated rings. The summed E-state index contributed by atoms with van der Waals surface area (Å²) in [6, 6.07) is 0. The first kappa shape index (κ1) is 18.9. The molecule has 19 heavy (non-hydrogen) atoms. The first-order chi connectivity index (χ1) is 8.62.